The first-order chi connectivity index (χ1) is 9.20. The number of hydrogen-bond donors (Lipinski definition) is 1. The van der Waals surface area contributed by atoms with E-state index in [2.05, 4.69) is 44.3 Å². The minimum Gasteiger partial charge on any atom is -0.491 e. The van der Waals surface area contributed by atoms with Gasteiger partial charge in [-0.2, -0.15) is 0 Å². The van der Waals surface area contributed by atoms with E-state index in [0.717, 1.165) is 38.3 Å². The van der Waals surface area contributed by atoms with E-state index in [1.165, 1.54) is 11.1 Å². The van der Waals surface area contributed by atoms with Crippen LogP contribution in [0.5, 0.6) is 5.75 Å². The third-order valence-corrected chi connectivity index (χ3v) is 3.31. The van der Waals surface area contributed by atoms with Gasteiger partial charge in [0.05, 0.1) is 25.4 Å². The van der Waals surface area contributed by atoms with Gasteiger partial charge in [-0.25, -0.2) is 0 Å². The fraction of sp³-hybridized carbons (Fsp3) is 0.625. The highest BCUT2D eigenvalue weighted by molar-refractivity contribution is 5.38. The van der Waals surface area contributed by atoms with Crippen LogP contribution in [0.2, 0.25) is 0 Å². The second-order valence-electron chi connectivity index (χ2n) is 5.36. The average Bonchev–Trinajstić information content (AvgIpc) is 2.57. The minimum atomic E-state index is 0.210. The zero-order chi connectivity index (χ0) is 13.7. The van der Waals surface area contributed by atoms with Crippen molar-refractivity contribution in [3.63, 3.8) is 0 Å². The lowest BCUT2D eigenvalue weighted by Gasteiger charge is -2.20. The first-order valence-corrected chi connectivity index (χ1v) is 7.31. The van der Waals surface area contributed by atoms with Crippen molar-refractivity contribution in [1.29, 1.82) is 0 Å². The average molecular weight is 263 g/mol. The minimum absolute atomic E-state index is 0.210. The van der Waals surface area contributed by atoms with E-state index in [-0.39, 0.29) is 12.1 Å². The normalized spacial score (nSPS) is 19.1. The van der Waals surface area contributed by atoms with Crippen molar-refractivity contribution in [2.45, 2.75) is 45.8 Å². The highest BCUT2D eigenvalue weighted by Gasteiger charge is 2.19. The topological polar surface area (TPSA) is 30.5 Å². The lowest BCUT2D eigenvalue weighted by molar-refractivity contribution is 0.121. The summed E-state index contributed by atoms with van der Waals surface area (Å²) in [6.07, 6.45) is 2.33. The molecule has 0 radical (unpaired) electrons. The van der Waals surface area contributed by atoms with Crippen molar-refractivity contribution in [2.75, 3.05) is 19.8 Å². The molecule has 0 aromatic heterocycles. The Morgan fingerprint density at radius 2 is 2.26 bits per heavy atom. The molecule has 2 rings (SSSR count). The number of ether oxygens (including phenoxy) is 2. The van der Waals surface area contributed by atoms with E-state index in [4.69, 9.17) is 9.47 Å². The largest absolute Gasteiger partial charge is 0.491 e. The van der Waals surface area contributed by atoms with Crippen LogP contribution in [0.3, 0.4) is 0 Å². The Bertz CT molecular complexity index is 404. The van der Waals surface area contributed by atoms with Crippen molar-refractivity contribution in [2.24, 2.45) is 0 Å². The van der Waals surface area contributed by atoms with Gasteiger partial charge in [-0.1, -0.05) is 13.0 Å². The molecule has 1 aliphatic heterocycles. The van der Waals surface area contributed by atoms with Gasteiger partial charge in [-0.15, -0.1) is 0 Å². The summed E-state index contributed by atoms with van der Waals surface area (Å²) in [6, 6.07) is 6.72. The molecule has 1 aliphatic rings. The van der Waals surface area contributed by atoms with Crippen molar-refractivity contribution in [3.8, 4) is 5.75 Å². The molecule has 0 spiro atoms. The summed E-state index contributed by atoms with van der Waals surface area (Å²) in [5.74, 6) is 0.957. The quantitative estimate of drug-likeness (QED) is 0.885. The molecule has 0 saturated carbocycles. The molecule has 1 aromatic carbocycles. The Hall–Kier alpha value is -1.06. The lowest BCUT2D eigenvalue weighted by atomic mass is 9.99. The number of fused-ring (bicyclic) bond motifs is 1. The number of rotatable bonds is 5. The van der Waals surface area contributed by atoms with E-state index < -0.39 is 0 Å². The molecule has 1 heterocycles. The van der Waals surface area contributed by atoms with Crippen LogP contribution >= 0.6 is 0 Å². The zero-order valence-electron chi connectivity index (χ0n) is 12.2. The lowest BCUT2D eigenvalue weighted by Crippen LogP contribution is -2.26. The van der Waals surface area contributed by atoms with Gasteiger partial charge in [0, 0.05) is 0 Å². The predicted octanol–water partition coefficient (Wildman–Crippen LogP) is 3.09. The summed E-state index contributed by atoms with van der Waals surface area (Å²) in [4.78, 5) is 0. The molecule has 106 valence electrons. The second kappa shape index (κ2) is 6.92. The third kappa shape index (κ3) is 3.95. The van der Waals surface area contributed by atoms with Crippen LogP contribution in [-0.2, 0) is 11.2 Å². The van der Waals surface area contributed by atoms with E-state index in [1.807, 2.05) is 0 Å². The van der Waals surface area contributed by atoms with Crippen molar-refractivity contribution >= 4 is 0 Å². The molecule has 3 nitrogen and oxygen atoms in total. The smallest absolute Gasteiger partial charge is 0.120 e. The molecule has 1 atom stereocenters. The molecule has 1 unspecified atom stereocenters. The van der Waals surface area contributed by atoms with Crippen LogP contribution in [0, 0.1) is 0 Å². The van der Waals surface area contributed by atoms with Gasteiger partial charge in [0.15, 0.2) is 0 Å². The fourth-order valence-corrected chi connectivity index (χ4v) is 2.43. The molecule has 0 fully saturated rings. The van der Waals surface area contributed by atoms with Gasteiger partial charge in [0.1, 0.15) is 5.75 Å². The molecule has 1 N–H and O–H groups in total. The van der Waals surface area contributed by atoms with Crippen LogP contribution in [0.4, 0.5) is 0 Å². The Morgan fingerprint density at radius 3 is 3.00 bits per heavy atom. The van der Waals surface area contributed by atoms with Crippen LogP contribution in [-0.4, -0.2) is 25.9 Å². The summed E-state index contributed by atoms with van der Waals surface area (Å²) in [6.45, 7) is 8.87. The Kier molecular flexibility index (Phi) is 5.23. The molecule has 0 saturated heterocycles. The van der Waals surface area contributed by atoms with Crippen LogP contribution < -0.4 is 10.1 Å². The number of benzene rings is 1. The van der Waals surface area contributed by atoms with E-state index >= 15 is 0 Å². The summed E-state index contributed by atoms with van der Waals surface area (Å²) in [7, 11) is 0. The summed E-state index contributed by atoms with van der Waals surface area (Å²) >= 11 is 0. The van der Waals surface area contributed by atoms with Crippen LogP contribution in [0.1, 0.15) is 44.4 Å². The highest BCUT2D eigenvalue weighted by atomic mass is 16.5. The number of hydrogen-bond acceptors (Lipinski definition) is 3. The van der Waals surface area contributed by atoms with E-state index in [9.17, 15) is 0 Å². The maximum absolute atomic E-state index is 5.81. The first-order valence-electron chi connectivity index (χ1n) is 7.31. The Morgan fingerprint density at radius 1 is 1.42 bits per heavy atom. The van der Waals surface area contributed by atoms with Crippen LogP contribution in [0.25, 0.3) is 0 Å². The fourth-order valence-electron chi connectivity index (χ4n) is 2.43. The summed E-state index contributed by atoms with van der Waals surface area (Å²) in [5, 5.41) is 3.57. The highest BCUT2D eigenvalue weighted by Crippen LogP contribution is 2.27. The van der Waals surface area contributed by atoms with Crippen molar-refractivity contribution < 1.29 is 9.47 Å². The number of nitrogens with one attached hydrogen (secondary N) is 1. The van der Waals surface area contributed by atoms with Gasteiger partial charge in [0.25, 0.3) is 0 Å². The van der Waals surface area contributed by atoms with Crippen molar-refractivity contribution in [1.82, 2.24) is 5.32 Å². The summed E-state index contributed by atoms with van der Waals surface area (Å²) in [5.41, 5.74) is 2.71. The van der Waals surface area contributed by atoms with E-state index in [1.54, 1.807) is 0 Å². The maximum Gasteiger partial charge on any atom is 0.120 e. The maximum atomic E-state index is 5.81. The van der Waals surface area contributed by atoms with E-state index in [0.29, 0.717) is 0 Å². The van der Waals surface area contributed by atoms with Crippen molar-refractivity contribution in [3.05, 3.63) is 29.3 Å². The monoisotopic (exact) mass is 263 g/mol. The summed E-state index contributed by atoms with van der Waals surface area (Å²) < 4.78 is 11.5. The van der Waals surface area contributed by atoms with Gasteiger partial charge in [0.2, 0.25) is 0 Å². The molecule has 19 heavy (non-hydrogen) atoms. The first kappa shape index (κ1) is 14.4. The third-order valence-electron chi connectivity index (χ3n) is 3.31. The molecular formula is C16H25NO2. The standard InChI is InChI=1S/C16H25NO2/c1-4-8-17-16-11-18-9-7-13-5-6-14(10-15(13)16)19-12(2)3/h5-6,10,12,16-17H,4,7-9,11H2,1-3H3. The van der Waals surface area contributed by atoms with Crippen LogP contribution in [0.15, 0.2) is 18.2 Å². The Labute approximate surface area is 116 Å². The Balaban J connectivity index is 2.22. The second-order valence-corrected chi connectivity index (χ2v) is 5.36. The van der Waals surface area contributed by atoms with Gasteiger partial charge >= 0.3 is 0 Å². The predicted molar refractivity (Wildman–Crippen MR) is 77.8 cm³/mol. The molecule has 1 aromatic rings. The van der Waals surface area contributed by atoms with Gasteiger partial charge in [-0.3, -0.25) is 0 Å². The molecule has 3 heteroatoms. The van der Waals surface area contributed by atoms with Gasteiger partial charge in [-0.05, 0) is 56.5 Å². The molecule has 0 aliphatic carbocycles. The van der Waals surface area contributed by atoms with Gasteiger partial charge < -0.3 is 14.8 Å². The molecule has 0 bridgehead atoms. The SMILES string of the molecule is CCCNC1COCCc2ccc(OC(C)C)cc21. The molecular weight excluding hydrogens is 238 g/mol. The molecule has 0 amide bonds. The zero-order valence-corrected chi connectivity index (χ0v) is 12.2.